The standard InChI is InChI=1S/C17H24N6O2/c1-12-15(13(2)23-17(20-12)18-11-19-23)5-6-16(25)22-8-4-7-21(9-10-22)14(3)24/h11H,4-10H2,1-3H3. The van der Waals surface area contributed by atoms with Crippen molar-refractivity contribution in [2.24, 2.45) is 0 Å². The molecule has 0 saturated carbocycles. The molecule has 0 spiro atoms. The molecule has 8 heteroatoms. The first-order chi connectivity index (χ1) is 12.0. The van der Waals surface area contributed by atoms with Gasteiger partial charge in [-0.05, 0) is 32.3 Å². The first-order valence-corrected chi connectivity index (χ1v) is 8.66. The van der Waals surface area contributed by atoms with Crippen LogP contribution in [0.15, 0.2) is 6.33 Å². The van der Waals surface area contributed by atoms with Crippen LogP contribution in [0.5, 0.6) is 0 Å². The Bertz CT molecular complexity index is 800. The molecule has 1 saturated heterocycles. The molecule has 25 heavy (non-hydrogen) atoms. The molecule has 3 heterocycles. The molecule has 2 aromatic heterocycles. The van der Waals surface area contributed by atoms with Crippen molar-refractivity contribution in [2.45, 2.75) is 40.0 Å². The maximum atomic E-state index is 12.6. The Labute approximate surface area is 146 Å². The number of amides is 2. The summed E-state index contributed by atoms with van der Waals surface area (Å²) < 4.78 is 1.71. The molecule has 0 unspecified atom stereocenters. The van der Waals surface area contributed by atoms with Crippen molar-refractivity contribution in [1.29, 1.82) is 0 Å². The van der Waals surface area contributed by atoms with Crippen molar-refractivity contribution in [3.63, 3.8) is 0 Å². The average Bonchev–Trinajstić information content (AvgIpc) is 2.89. The zero-order valence-corrected chi connectivity index (χ0v) is 15.0. The van der Waals surface area contributed by atoms with E-state index in [2.05, 4.69) is 15.1 Å². The van der Waals surface area contributed by atoms with Crippen molar-refractivity contribution in [1.82, 2.24) is 29.4 Å². The Morgan fingerprint density at radius 3 is 2.60 bits per heavy atom. The van der Waals surface area contributed by atoms with Gasteiger partial charge in [-0.15, -0.1) is 0 Å². The lowest BCUT2D eigenvalue weighted by molar-refractivity contribution is -0.132. The van der Waals surface area contributed by atoms with E-state index in [-0.39, 0.29) is 11.8 Å². The zero-order chi connectivity index (χ0) is 18.0. The summed E-state index contributed by atoms with van der Waals surface area (Å²) in [5.41, 5.74) is 2.92. The molecule has 1 aliphatic heterocycles. The monoisotopic (exact) mass is 344 g/mol. The Morgan fingerprint density at radius 1 is 1.12 bits per heavy atom. The smallest absolute Gasteiger partial charge is 0.252 e. The Hall–Kier alpha value is -2.51. The van der Waals surface area contributed by atoms with E-state index in [0.29, 0.717) is 38.3 Å². The van der Waals surface area contributed by atoms with Crippen molar-refractivity contribution in [2.75, 3.05) is 26.2 Å². The van der Waals surface area contributed by atoms with E-state index >= 15 is 0 Å². The van der Waals surface area contributed by atoms with E-state index in [1.54, 1.807) is 11.4 Å². The van der Waals surface area contributed by atoms with Gasteiger partial charge in [0.25, 0.3) is 5.78 Å². The topological polar surface area (TPSA) is 83.7 Å². The fraction of sp³-hybridized carbons (Fsp3) is 0.588. The first-order valence-electron chi connectivity index (χ1n) is 8.66. The van der Waals surface area contributed by atoms with Gasteiger partial charge in [-0.25, -0.2) is 9.50 Å². The highest BCUT2D eigenvalue weighted by Gasteiger charge is 2.21. The van der Waals surface area contributed by atoms with Crippen LogP contribution in [0.3, 0.4) is 0 Å². The highest BCUT2D eigenvalue weighted by Crippen LogP contribution is 2.16. The summed E-state index contributed by atoms with van der Waals surface area (Å²) in [6.45, 7) is 8.16. The summed E-state index contributed by atoms with van der Waals surface area (Å²) in [6.07, 6.45) is 3.38. The summed E-state index contributed by atoms with van der Waals surface area (Å²) in [4.78, 5) is 36.4. The molecule has 1 aliphatic rings. The molecular weight excluding hydrogens is 320 g/mol. The average molecular weight is 344 g/mol. The predicted molar refractivity (Wildman–Crippen MR) is 92.0 cm³/mol. The maximum Gasteiger partial charge on any atom is 0.252 e. The van der Waals surface area contributed by atoms with Crippen LogP contribution < -0.4 is 0 Å². The number of carbonyl (C=O) groups is 2. The lowest BCUT2D eigenvalue weighted by Gasteiger charge is -2.21. The zero-order valence-electron chi connectivity index (χ0n) is 15.0. The number of carbonyl (C=O) groups excluding carboxylic acids is 2. The number of aryl methyl sites for hydroxylation is 2. The number of hydrogen-bond acceptors (Lipinski definition) is 5. The SMILES string of the molecule is CC(=O)N1CCCN(C(=O)CCc2c(C)nc3ncnn3c2C)CC1. The second kappa shape index (κ2) is 7.16. The quantitative estimate of drug-likeness (QED) is 0.821. The van der Waals surface area contributed by atoms with E-state index in [0.717, 1.165) is 29.9 Å². The first kappa shape index (κ1) is 17.3. The van der Waals surface area contributed by atoms with E-state index in [1.807, 2.05) is 23.6 Å². The van der Waals surface area contributed by atoms with Gasteiger partial charge in [-0.3, -0.25) is 9.59 Å². The van der Waals surface area contributed by atoms with Crippen molar-refractivity contribution >= 4 is 17.6 Å². The summed E-state index contributed by atoms with van der Waals surface area (Å²) >= 11 is 0. The summed E-state index contributed by atoms with van der Waals surface area (Å²) in [5.74, 6) is 0.789. The van der Waals surface area contributed by atoms with Crippen molar-refractivity contribution in [3.05, 3.63) is 23.3 Å². The number of aromatic nitrogens is 4. The normalized spacial score (nSPS) is 15.5. The molecule has 3 rings (SSSR count). The largest absolute Gasteiger partial charge is 0.341 e. The van der Waals surface area contributed by atoms with Crippen LogP contribution in [-0.4, -0.2) is 67.4 Å². The fourth-order valence-electron chi connectivity index (χ4n) is 3.39. The lowest BCUT2D eigenvalue weighted by Crippen LogP contribution is -2.36. The predicted octanol–water partition coefficient (Wildman–Crippen LogP) is 0.755. The minimum absolute atomic E-state index is 0.0766. The highest BCUT2D eigenvalue weighted by molar-refractivity contribution is 5.77. The van der Waals surface area contributed by atoms with Gasteiger partial charge < -0.3 is 9.80 Å². The number of rotatable bonds is 3. The summed E-state index contributed by atoms with van der Waals surface area (Å²) in [5, 5.41) is 4.18. The van der Waals surface area contributed by atoms with Gasteiger partial charge in [0, 0.05) is 50.9 Å². The summed E-state index contributed by atoms with van der Waals surface area (Å²) in [6, 6.07) is 0. The molecule has 8 nitrogen and oxygen atoms in total. The second-order valence-corrected chi connectivity index (χ2v) is 6.47. The third-order valence-electron chi connectivity index (χ3n) is 4.87. The van der Waals surface area contributed by atoms with Crippen LogP contribution in [0.25, 0.3) is 5.78 Å². The molecule has 0 atom stereocenters. The molecule has 0 radical (unpaired) electrons. The van der Waals surface area contributed by atoms with Gasteiger partial charge in [0.2, 0.25) is 11.8 Å². The molecule has 2 aromatic rings. The van der Waals surface area contributed by atoms with Gasteiger partial charge >= 0.3 is 0 Å². The maximum absolute atomic E-state index is 12.6. The third kappa shape index (κ3) is 3.62. The molecule has 0 aromatic carbocycles. The van der Waals surface area contributed by atoms with E-state index < -0.39 is 0 Å². The Balaban J connectivity index is 1.65. The second-order valence-electron chi connectivity index (χ2n) is 6.47. The fourth-order valence-corrected chi connectivity index (χ4v) is 3.39. The van der Waals surface area contributed by atoms with Crippen LogP contribution in [-0.2, 0) is 16.0 Å². The highest BCUT2D eigenvalue weighted by atomic mass is 16.2. The molecule has 134 valence electrons. The molecule has 1 fully saturated rings. The molecule has 0 aliphatic carbocycles. The van der Waals surface area contributed by atoms with Crippen LogP contribution in [0, 0.1) is 13.8 Å². The van der Waals surface area contributed by atoms with Crippen LogP contribution in [0.4, 0.5) is 0 Å². The van der Waals surface area contributed by atoms with Gasteiger partial charge in [0.1, 0.15) is 6.33 Å². The van der Waals surface area contributed by atoms with E-state index in [1.165, 1.54) is 6.33 Å². The number of fused-ring (bicyclic) bond motifs is 1. The number of hydrogen-bond donors (Lipinski definition) is 0. The van der Waals surface area contributed by atoms with Crippen LogP contribution >= 0.6 is 0 Å². The minimum Gasteiger partial charge on any atom is -0.341 e. The Morgan fingerprint density at radius 2 is 1.84 bits per heavy atom. The van der Waals surface area contributed by atoms with Gasteiger partial charge in [0.05, 0.1) is 0 Å². The number of nitrogens with zero attached hydrogens (tertiary/aromatic N) is 6. The van der Waals surface area contributed by atoms with Crippen molar-refractivity contribution in [3.8, 4) is 0 Å². The van der Waals surface area contributed by atoms with E-state index in [9.17, 15) is 9.59 Å². The van der Waals surface area contributed by atoms with Gasteiger partial charge in [-0.1, -0.05) is 0 Å². The van der Waals surface area contributed by atoms with Crippen molar-refractivity contribution < 1.29 is 9.59 Å². The van der Waals surface area contributed by atoms with E-state index in [4.69, 9.17) is 0 Å². The molecule has 2 amide bonds. The third-order valence-corrected chi connectivity index (χ3v) is 4.87. The van der Waals surface area contributed by atoms with Gasteiger partial charge in [0.15, 0.2) is 0 Å². The molecule has 0 bridgehead atoms. The molecule has 0 N–H and O–H groups in total. The van der Waals surface area contributed by atoms with Crippen LogP contribution in [0.1, 0.15) is 36.7 Å². The summed E-state index contributed by atoms with van der Waals surface area (Å²) in [7, 11) is 0. The minimum atomic E-state index is 0.0766. The lowest BCUT2D eigenvalue weighted by atomic mass is 10.1. The van der Waals surface area contributed by atoms with Crippen LogP contribution in [0.2, 0.25) is 0 Å². The van der Waals surface area contributed by atoms with Gasteiger partial charge in [-0.2, -0.15) is 10.1 Å². The Kier molecular flexibility index (Phi) is 4.96. The molecular formula is C17H24N6O2.